The zero-order valence-electron chi connectivity index (χ0n) is 6.70. The lowest BCUT2D eigenvalue weighted by Gasteiger charge is -2.10. The zero-order valence-corrected chi connectivity index (χ0v) is 8.33. The summed E-state index contributed by atoms with van der Waals surface area (Å²) in [4.78, 5) is 15.1. The third-order valence-corrected chi connectivity index (χ3v) is 3.57. The summed E-state index contributed by atoms with van der Waals surface area (Å²) in [5.41, 5.74) is 0.930. The summed E-state index contributed by atoms with van der Waals surface area (Å²) in [6, 6.07) is 0. The van der Waals surface area contributed by atoms with Gasteiger partial charge >= 0.3 is 6.09 Å². The van der Waals surface area contributed by atoms with Crippen LogP contribution in [0.25, 0.3) is 0 Å². The number of hydrogen-bond acceptors (Lipinski definition) is 5. The summed E-state index contributed by atoms with van der Waals surface area (Å²) >= 11 is 3.57. The number of carbonyl (C=O) groups is 1. The van der Waals surface area contributed by atoms with E-state index in [1.54, 1.807) is 23.5 Å². The fourth-order valence-electron chi connectivity index (χ4n) is 0.624. The van der Waals surface area contributed by atoms with Crippen LogP contribution in [0.2, 0.25) is 0 Å². The minimum atomic E-state index is -0.511. The Hall–Kier alpha value is -0.360. The Kier molecular flexibility index (Phi) is 4.31. The maximum absolute atomic E-state index is 10.6. The van der Waals surface area contributed by atoms with E-state index in [0.717, 1.165) is 22.3 Å². The van der Waals surface area contributed by atoms with Crippen molar-refractivity contribution in [3.8, 4) is 0 Å². The number of rotatable bonds is 1. The molecule has 0 bridgehead atoms. The zero-order chi connectivity index (χ0) is 8.81. The van der Waals surface area contributed by atoms with Crippen LogP contribution in [0.4, 0.5) is 4.79 Å². The van der Waals surface area contributed by atoms with Crippen molar-refractivity contribution >= 4 is 35.3 Å². The van der Waals surface area contributed by atoms with Gasteiger partial charge in [-0.3, -0.25) is 4.84 Å². The third kappa shape index (κ3) is 3.36. The van der Waals surface area contributed by atoms with E-state index in [9.17, 15) is 4.79 Å². The topological polar surface area (TPSA) is 50.7 Å². The highest BCUT2D eigenvalue weighted by atomic mass is 32.2. The van der Waals surface area contributed by atoms with Crippen molar-refractivity contribution < 1.29 is 9.63 Å². The van der Waals surface area contributed by atoms with Crippen molar-refractivity contribution in [2.45, 2.75) is 0 Å². The van der Waals surface area contributed by atoms with Gasteiger partial charge in [0.1, 0.15) is 0 Å². The van der Waals surface area contributed by atoms with E-state index < -0.39 is 6.09 Å². The Balaban J connectivity index is 2.29. The first-order valence-electron chi connectivity index (χ1n) is 3.43. The number of amides is 1. The van der Waals surface area contributed by atoms with E-state index in [-0.39, 0.29) is 0 Å². The molecule has 0 unspecified atom stereocenters. The summed E-state index contributed by atoms with van der Waals surface area (Å²) in [5, 5.41) is 7.14. The number of carbonyl (C=O) groups excluding carboxylic acids is 1. The van der Waals surface area contributed by atoms with Crippen molar-refractivity contribution in [1.29, 1.82) is 0 Å². The molecular weight excluding hydrogens is 196 g/mol. The summed E-state index contributed by atoms with van der Waals surface area (Å²) in [7, 11) is 1.51. The quantitative estimate of drug-likeness (QED) is 0.516. The van der Waals surface area contributed by atoms with Crippen LogP contribution in [0.15, 0.2) is 5.16 Å². The van der Waals surface area contributed by atoms with Gasteiger partial charge < -0.3 is 5.32 Å². The van der Waals surface area contributed by atoms with Crippen molar-refractivity contribution in [3.05, 3.63) is 0 Å². The maximum atomic E-state index is 10.6. The van der Waals surface area contributed by atoms with Gasteiger partial charge in [-0.05, 0) is 0 Å². The molecule has 0 atom stereocenters. The van der Waals surface area contributed by atoms with Gasteiger partial charge in [-0.2, -0.15) is 0 Å². The highest BCUT2D eigenvalue weighted by Gasteiger charge is 2.08. The Labute approximate surface area is 79.5 Å². The SMILES string of the molecule is CNC(=O)ON=C1CSCSC1. The van der Waals surface area contributed by atoms with Crippen LogP contribution in [0.1, 0.15) is 0 Å². The Morgan fingerprint density at radius 3 is 2.83 bits per heavy atom. The molecule has 1 aliphatic rings. The molecule has 1 saturated heterocycles. The van der Waals surface area contributed by atoms with Gasteiger partial charge in [0.15, 0.2) is 0 Å². The second-order valence-electron chi connectivity index (χ2n) is 2.10. The predicted molar refractivity (Wildman–Crippen MR) is 52.8 cm³/mol. The normalized spacial score (nSPS) is 16.9. The van der Waals surface area contributed by atoms with Crippen molar-refractivity contribution in [2.75, 3.05) is 23.6 Å². The number of nitrogens with zero attached hydrogens (tertiary/aromatic N) is 1. The second kappa shape index (κ2) is 5.31. The van der Waals surface area contributed by atoms with Crippen molar-refractivity contribution in [1.82, 2.24) is 5.32 Å². The molecule has 0 spiro atoms. The van der Waals surface area contributed by atoms with E-state index in [1.165, 1.54) is 7.05 Å². The molecule has 0 aromatic carbocycles. The van der Waals surface area contributed by atoms with Crippen molar-refractivity contribution in [2.24, 2.45) is 5.16 Å². The monoisotopic (exact) mass is 206 g/mol. The number of oxime groups is 1. The van der Waals surface area contributed by atoms with E-state index in [2.05, 4.69) is 15.3 Å². The Morgan fingerprint density at radius 2 is 2.25 bits per heavy atom. The molecule has 0 aromatic heterocycles. The second-order valence-corrected chi connectivity index (χ2v) is 4.44. The molecule has 6 heteroatoms. The van der Waals surface area contributed by atoms with Gasteiger partial charge in [0.05, 0.1) is 5.71 Å². The lowest BCUT2D eigenvalue weighted by molar-refractivity contribution is 0.153. The average molecular weight is 206 g/mol. The number of hydrogen-bond donors (Lipinski definition) is 1. The van der Waals surface area contributed by atoms with Crippen LogP contribution in [0.3, 0.4) is 0 Å². The van der Waals surface area contributed by atoms with Gasteiger partial charge in [0.25, 0.3) is 0 Å². The molecule has 0 aromatic rings. The van der Waals surface area contributed by atoms with Crippen LogP contribution in [0, 0.1) is 0 Å². The molecule has 1 heterocycles. The molecular formula is C6H10N2O2S2. The van der Waals surface area contributed by atoms with E-state index in [0.29, 0.717) is 0 Å². The molecule has 4 nitrogen and oxygen atoms in total. The minimum absolute atomic E-state index is 0.511. The lowest BCUT2D eigenvalue weighted by atomic mass is 10.5. The summed E-state index contributed by atoms with van der Waals surface area (Å²) < 4.78 is 0. The highest BCUT2D eigenvalue weighted by molar-refractivity contribution is 8.17. The Bertz CT molecular complexity index is 188. The smallest absolute Gasteiger partial charge is 0.323 e. The van der Waals surface area contributed by atoms with Crippen LogP contribution in [-0.2, 0) is 4.84 Å². The van der Waals surface area contributed by atoms with E-state index in [1.807, 2.05) is 0 Å². The van der Waals surface area contributed by atoms with E-state index >= 15 is 0 Å². The van der Waals surface area contributed by atoms with Gasteiger partial charge in [-0.25, -0.2) is 4.79 Å². The number of nitrogens with one attached hydrogen (secondary N) is 1. The average Bonchev–Trinajstić information content (AvgIpc) is 2.16. The molecule has 0 radical (unpaired) electrons. The minimum Gasteiger partial charge on any atom is -0.323 e. The largest absolute Gasteiger partial charge is 0.433 e. The summed E-state index contributed by atoms with van der Waals surface area (Å²) in [6.07, 6.45) is -0.511. The first kappa shape index (κ1) is 9.73. The lowest BCUT2D eigenvalue weighted by Crippen LogP contribution is -2.19. The number of thioether (sulfide) groups is 2. The summed E-state index contributed by atoms with van der Waals surface area (Å²) in [6.45, 7) is 0. The van der Waals surface area contributed by atoms with Gasteiger partial charge in [0.2, 0.25) is 0 Å². The highest BCUT2D eigenvalue weighted by Crippen LogP contribution is 2.19. The molecule has 1 rings (SSSR count). The van der Waals surface area contributed by atoms with Crippen LogP contribution < -0.4 is 5.32 Å². The fourth-order valence-corrected chi connectivity index (χ4v) is 2.67. The van der Waals surface area contributed by atoms with Crippen molar-refractivity contribution in [3.63, 3.8) is 0 Å². The first-order valence-corrected chi connectivity index (χ1v) is 5.74. The standard InChI is InChI=1S/C6H10N2O2S2/c1-7-6(9)10-8-5-2-11-4-12-3-5/h2-4H2,1H3,(H,7,9). The Morgan fingerprint density at radius 1 is 1.58 bits per heavy atom. The molecule has 0 saturated carbocycles. The molecule has 1 fully saturated rings. The first-order chi connectivity index (χ1) is 5.83. The predicted octanol–water partition coefficient (Wildman–Crippen LogP) is 1.14. The van der Waals surface area contributed by atoms with Crippen LogP contribution in [-0.4, -0.2) is 35.4 Å². The molecule has 68 valence electrons. The summed E-state index contributed by atoms with van der Waals surface area (Å²) in [5.74, 6) is 1.73. The van der Waals surface area contributed by atoms with E-state index in [4.69, 9.17) is 0 Å². The molecule has 1 amide bonds. The molecule has 1 N–H and O–H groups in total. The van der Waals surface area contributed by atoms with Gasteiger partial charge in [-0.1, -0.05) is 5.16 Å². The fraction of sp³-hybridized carbons (Fsp3) is 0.667. The van der Waals surface area contributed by atoms with Crippen LogP contribution >= 0.6 is 23.5 Å². The van der Waals surface area contributed by atoms with Gasteiger partial charge in [-0.15, -0.1) is 23.5 Å². The molecule has 0 aliphatic carbocycles. The third-order valence-electron chi connectivity index (χ3n) is 1.17. The maximum Gasteiger partial charge on any atom is 0.433 e. The van der Waals surface area contributed by atoms with Gasteiger partial charge in [0, 0.05) is 23.6 Å². The molecule has 12 heavy (non-hydrogen) atoms. The van der Waals surface area contributed by atoms with Crippen LogP contribution in [0.5, 0.6) is 0 Å². The molecule has 1 aliphatic heterocycles.